The van der Waals surface area contributed by atoms with Gasteiger partial charge in [-0.3, -0.25) is 4.79 Å². The largest absolute Gasteiger partial charge is 0.379 e. The Morgan fingerprint density at radius 3 is 2.69 bits per heavy atom. The van der Waals surface area contributed by atoms with Gasteiger partial charge in [-0.2, -0.15) is 5.26 Å². The number of rotatable bonds is 6. The minimum Gasteiger partial charge on any atom is -0.379 e. The van der Waals surface area contributed by atoms with Crippen LogP contribution >= 0.6 is 0 Å². The Labute approximate surface area is 79.0 Å². The maximum Gasteiger partial charge on any atom is 0.172 e. The lowest BCUT2D eigenvalue weighted by Gasteiger charge is -2.05. The van der Waals surface area contributed by atoms with E-state index in [9.17, 15) is 4.79 Å². The molecule has 0 aliphatic carbocycles. The third kappa shape index (κ3) is 6.06. The number of hydrogen-bond acceptors (Lipinski definition) is 3. The van der Waals surface area contributed by atoms with Crippen molar-refractivity contribution in [3.05, 3.63) is 12.2 Å². The maximum atomic E-state index is 11.0. The first-order valence-electron chi connectivity index (χ1n) is 4.31. The van der Waals surface area contributed by atoms with Crippen molar-refractivity contribution in [2.24, 2.45) is 0 Å². The normalized spacial score (nSPS) is 9.69. The van der Waals surface area contributed by atoms with Crippen molar-refractivity contribution in [2.75, 3.05) is 6.61 Å². The van der Waals surface area contributed by atoms with Gasteiger partial charge >= 0.3 is 0 Å². The predicted molar refractivity (Wildman–Crippen MR) is 50.1 cm³/mol. The molecule has 0 rings (SSSR count). The fraction of sp³-hybridized carbons (Fsp3) is 0.600. The molecule has 0 fully saturated rings. The molecule has 0 heterocycles. The number of carbonyl (C=O) groups excluding carboxylic acids is 1. The molecule has 0 spiro atoms. The maximum absolute atomic E-state index is 11.0. The van der Waals surface area contributed by atoms with E-state index in [1.165, 1.54) is 0 Å². The van der Waals surface area contributed by atoms with E-state index in [1.54, 1.807) is 6.07 Å². The molecule has 0 atom stereocenters. The van der Waals surface area contributed by atoms with Gasteiger partial charge in [0, 0.05) is 13.0 Å². The quantitative estimate of drug-likeness (QED) is 0.357. The van der Waals surface area contributed by atoms with E-state index in [0.717, 1.165) is 0 Å². The van der Waals surface area contributed by atoms with Crippen molar-refractivity contribution < 1.29 is 9.53 Å². The van der Waals surface area contributed by atoms with Crippen LogP contribution in [0.4, 0.5) is 0 Å². The highest BCUT2D eigenvalue weighted by atomic mass is 16.5. The van der Waals surface area contributed by atoms with E-state index in [1.807, 2.05) is 13.8 Å². The molecule has 0 aromatic heterocycles. The van der Waals surface area contributed by atoms with Gasteiger partial charge in [-0.05, 0) is 20.3 Å². The molecule has 0 unspecified atom stereocenters. The Kier molecular flexibility index (Phi) is 5.82. The van der Waals surface area contributed by atoms with Crippen molar-refractivity contribution in [3.63, 3.8) is 0 Å². The SMILES string of the molecule is C=C(C#N)C(=O)CCCOC(C)C. The average Bonchev–Trinajstić information content (AvgIpc) is 2.10. The second-order valence-electron chi connectivity index (χ2n) is 3.04. The first-order valence-corrected chi connectivity index (χ1v) is 4.31. The lowest BCUT2D eigenvalue weighted by molar-refractivity contribution is -0.115. The smallest absolute Gasteiger partial charge is 0.172 e. The van der Waals surface area contributed by atoms with Crippen LogP contribution < -0.4 is 0 Å². The molecule has 0 aliphatic heterocycles. The van der Waals surface area contributed by atoms with Gasteiger partial charge in [0.15, 0.2) is 5.78 Å². The molecule has 0 aromatic carbocycles. The number of allylic oxidation sites excluding steroid dienone is 1. The predicted octanol–water partition coefficient (Wildman–Crippen LogP) is 1.84. The molecule has 0 saturated carbocycles. The third-order valence-corrected chi connectivity index (χ3v) is 1.47. The fourth-order valence-corrected chi connectivity index (χ4v) is 0.765. The summed E-state index contributed by atoms with van der Waals surface area (Å²) in [7, 11) is 0. The lowest BCUT2D eigenvalue weighted by Crippen LogP contribution is -2.06. The van der Waals surface area contributed by atoms with Crippen LogP contribution in [0.15, 0.2) is 12.2 Å². The molecule has 3 nitrogen and oxygen atoms in total. The van der Waals surface area contributed by atoms with E-state index in [0.29, 0.717) is 19.4 Å². The summed E-state index contributed by atoms with van der Waals surface area (Å²) in [5, 5.41) is 8.35. The Balaban J connectivity index is 3.50. The summed E-state index contributed by atoms with van der Waals surface area (Å²) in [6, 6.07) is 1.73. The van der Waals surface area contributed by atoms with Crippen LogP contribution in [0.5, 0.6) is 0 Å². The summed E-state index contributed by atoms with van der Waals surface area (Å²) >= 11 is 0. The molecule has 3 heteroatoms. The van der Waals surface area contributed by atoms with Crippen LogP contribution in [-0.2, 0) is 9.53 Å². The average molecular weight is 181 g/mol. The lowest BCUT2D eigenvalue weighted by atomic mass is 10.1. The molecular formula is C10H15NO2. The van der Waals surface area contributed by atoms with Crippen LogP contribution in [0.1, 0.15) is 26.7 Å². The first kappa shape index (κ1) is 11.9. The van der Waals surface area contributed by atoms with Crippen molar-refractivity contribution in [1.29, 1.82) is 5.26 Å². The molecule has 0 aliphatic rings. The highest BCUT2D eigenvalue weighted by Crippen LogP contribution is 2.00. The topological polar surface area (TPSA) is 50.1 Å². The minimum absolute atomic E-state index is 0.0320. The van der Waals surface area contributed by atoms with E-state index >= 15 is 0 Å². The number of carbonyl (C=O) groups is 1. The van der Waals surface area contributed by atoms with Crippen LogP contribution in [0.25, 0.3) is 0 Å². The molecule has 72 valence electrons. The summed E-state index contributed by atoms with van der Waals surface area (Å²) in [4.78, 5) is 11.0. The van der Waals surface area contributed by atoms with Gasteiger partial charge in [-0.15, -0.1) is 0 Å². The second-order valence-corrected chi connectivity index (χ2v) is 3.04. The molecule has 0 bridgehead atoms. The Morgan fingerprint density at radius 1 is 1.62 bits per heavy atom. The number of nitriles is 1. The summed E-state index contributed by atoms with van der Waals surface area (Å²) in [6.45, 7) is 7.77. The van der Waals surface area contributed by atoms with Gasteiger partial charge < -0.3 is 4.74 Å². The van der Waals surface area contributed by atoms with E-state index < -0.39 is 0 Å². The highest BCUT2D eigenvalue weighted by Gasteiger charge is 2.05. The zero-order chi connectivity index (χ0) is 10.3. The fourth-order valence-electron chi connectivity index (χ4n) is 0.765. The van der Waals surface area contributed by atoms with Crippen molar-refractivity contribution in [2.45, 2.75) is 32.8 Å². The van der Waals surface area contributed by atoms with Crippen molar-refractivity contribution in [1.82, 2.24) is 0 Å². The van der Waals surface area contributed by atoms with Gasteiger partial charge in [0.2, 0.25) is 0 Å². The van der Waals surface area contributed by atoms with Gasteiger partial charge in [-0.1, -0.05) is 6.58 Å². The molecular weight excluding hydrogens is 166 g/mol. The van der Waals surface area contributed by atoms with Crippen LogP contribution in [0, 0.1) is 11.3 Å². The summed E-state index contributed by atoms with van der Waals surface area (Å²) in [6.07, 6.45) is 1.19. The van der Waals surface area contributed by atoms with Gasteiger partial charge in [-0.25, -0.2) is 0 Å². The second kappa shape index (κ2) is 6.38. The molecule has 0 aromatic rings. The van der Waals surface area contributed by atoms with Gasteiger partial charge in [0.1, 0.15) is 6.07 Å². The third-order valence-electron chi connectivity index (χ3n) is 1.47. The number of ether oxygens (including phenoxy) is 1. The zero-order valence-electron chi connectivity index (χ0n) is 8.17. The standard InChI is InChI=1S/C10H15NO2/c1-8(2)13-6-4-5-10(12)9(3)7-11/h8H,3-6H2,1-2H3. The van der Waals surface area contributed by atoms with Crippen molar-refractivity contribution >= 4 is 5.78 Å². The van der Waals surface area contributed by atoms with E-state index in [-0.39, 0.29) is 17.5 Å². The molecule has 0 N–H and O–H groups in total. The number of Topliss-reactive ketones (excluding diaryl/α,β-unsaturated/α-hetero) is 1. The van der Waals surface area contributed by atoms with E-state index in [2.05, 4.69) is 6.58 Å². The molecule has 0 saturated heterocycles. The summed E-state index contributed by atoms with van der Waals surface area (Å²) < 4.78 is 5.24. The number of nitrogens with zero attached hydrogens (tertiary/aromatic N) is 1. The monoisotopic (exact) mass is 181 g/mol. The Hall–Kier alpha value is -1.14. The zero-order valence-corrected chi connectivity index (χ0v) is 8.17. The van der Waals surface area contributed by atoms with Crippen LogP contribution in [0.3, 0.4) is 0 Å². The minimum atomic E-state index is -0.185. The van der Waals surface area contributed by atoms with E-state index in [4.69, 9.17) is 10.00 Å². The summed E-state index contributed by atoms with van der Waals surface area (Å²) in [5.41, 5.74) is 0.0320. The van der Waals surface area contributed by atoms with Gasteiger partial charge in [0.25, 0.3) is 0 Å². The highest BCUT2D eigenvalue weighted by molar-refractivity contribution is 5.98. The van der Waals surface area contributed by atoms with Crippen molar-refractivity contribution in [3.8, 4) is 6.07 Å². The van der Waals surface area contributed by atoms with Gasteiger partial charge in [0.05, 0.1) is 11.7 Å². The number of hydrogen-bond donors (Lipinski definition) is 0. The molecule has 13 heavy (non-hydrogen) atoms. The molecule has 0 radical (unpaired) electrons. The molecule has 0 amide bonds. The Bertz CT molecular complexity index is 226. The summed E-state index contributed by atoms with van der Waals surface area (Å²) in [5.74, 6) is -0.185. The Morgan fingerprint density at radius 2 is 2.23 bits per heavy atom. The first-order chi connectivity index (χ1) is 6.07. The van der Waals surface area contributed by atoms with Crippen LogP contribution in [0.2, 0.25) is 0 Å². The van der Waals surface area contributed by atoms with Crippen LogP contribution in [-0.4, -0.2) is 18.5 Å². The number of ketones is 1.